The molecule has 88 valence electrons. The van der Waals surface area contributed by atoms with Gasteiger partial charge in [-0.2, -0.15) is 0 Å². The van der Waals surface area contributed by atoms with Gasteiger partial charge >= 0.3 is 11.9 Å². The van der Waals surface area contributed by atoms with Crippen LogP contribution in [0.25, 0.3) is 0 Å². The number of ether oxygens (including phenoxy) is 2. The summed E-state index contributed by atoms with van der Waals surface area (Å²) < 4.78 is 9.35. The standard InChI is InChI=1S/C10H12O5S/c1-14-8(9(11)12)4-7-3-6(5-16-7)10(13)15-2/h3,5,8H,4H2,1-2H3,(H,11,12). The highest BCUT2D eigenvalue weighted by Gasteiger charge is 2.18. The van der Waals surface area contributed by atoms with Gasteiger partial charge in [0.1, 0.15) is 0 Å². The van der Waals surface area contributed by atoms with Crippen LogP contribution in [0.4, 0.5) is 0 Å². The van der Waals surface area contributed by atoms with Crippen molar-refractivity contribution in [3.63, 3.8) is 0 Å². The van der Waals surface area contributed by atoms with E-state index in [1.807, 2.05) is 0 Å². The van der Waals surface area contributed by atoms with Crippen LogP contribution in [0.2, 0.25) is 0 Å². The predicted octanol–water partition coefficient (Wildman–Crippen LogP) is 1.18. The van der Waals surface area contributed by atoms with Gasteiger partial charge in [0.2, 0.25) is 0 Å². The molecular formula is C10H12O5S. The number of carboxylic acids is 1. The lowest BCUT2D eigenvalue weighted by molar-refractivity contribution is -0.148. The van der Waals surface area contributed by atoms with Crippen LogP contribution in [0, 0.1) is 0 Å². The maximum Gasteiger partial charge on any atom is 0.338 e. The first-order valence-corrected chi connectivity index (χ1v) is 5.37. The Bertz CT molecular complexity index is 384. The fourth-order valence-corrected chi connectivity index (χ4v) is 2.05. The van der Waals surface area contributed by atoms with Crippen LogP contribution >= 0.6 is 11.3 Å². The molecule has 0 aromatic carbocycles. The largest absolute Gasteiger partial charge is 0.479 e. The maximum absolute atomic E-state index is 11.2. The smallest absolute Gasteiger partial charge is 0.338 e. The number of hydrogen-bond acceptors (Lipinski definition) is 5. The summed E-state index contributed by atoms with van der Waals surface area (Å²) >= 11 is 1.31. The summed E-state index contributed by atoms with van der Waals surface area (Å²) in [6, 6.07) is 1.62. The average Bonchev–Trinajstić information content (AvgIpc) is 2.72. The topological polar surface area (TPSA) is 72.8 Å². The van der Waals surface area contributed by atoms with Crippen molar-refractivity contribution < 1.29 is 24.2 Å². The van der Waals surface area contributed by atoms with Crippen molar-refractivity contribution in [3.05, 3.63) is 21.9 Å². The van der Waals surface area contributed by atoms with E-state index in [2.05, 4.69) is 4.74 Å². The van der Waals surface area contributed by atoms with Crippen LogP contribution in [0.15, 0.2) is 11.4 Å². The van der Waals surface area contributed by atoms with Crippen LogP contribution in [0.3, 0.4) is 0 Å². The molecular weight excluding hydrogens is 232 g/mol. The van der Waals surface area contributed by atoms with Gasteiger partial charge in [-0.25, -0.2) is 9.59 Å². The molecule has 0 aliphatic heterocycles. The Kier molecular flexibility index (Phi) is 4.45. The maximum atomic E-state index is 11.2. The molecule has 16 heavy (non-hydrogen) atoms. The highest BCUT2D eigenvalue weighted by molar-refractivity contribution is 7.10. The Labute approximate surface area is 96.6 Å². The molecule has 5 nitrogen and oxygen atoms in total. The molecule has 1 aromatic heterocycles. The number of carbonyl (C=O) groups is 2. The van der Waals surface area contributed by atoms with Crippen LogP contribution in [0.5, 0.6) is 0 Å². The highest BCUT2D eigenvalue weighted by Crippen LogP contribution is 2.18. The lowest BCUT2D eigenvalue weighted by Gasteiger charge is -2.07. The molecule has 0 spiro atoms. The van der Waals surface area contributed by atoms with Gasteiger partial charge in [0.05, 0.1) is 12.7 Å². The zero-order valence-electron chi connectivity index (χ0n) is 8.93. The van der Waals surface area contributed by atoms with E-state index in [0.717, 1.165) is 4.88 Å². The fourth-order valence-electron chi connectivity index (χ4n) is 1.17. The van der Waals surface area contributed by atoms with Crippen LogP contribution in [-0.4, -0.2) is 37.4 Å². The van der Waals surface area contributed by atoms with Gasteiger partial charge in [0.15, 0.2) is 6.10 Å². The van der Waals surface area contributed by atoms with Crippen molar-refractivity contribution in [3.8, 4) is 0 Å². The Balaban J connectivity index is 2.71. The Hall–Kier alpha value is -1.40. The molecule has 6 heteroatoms. The van der Waals surface area contributed by atoms with Crippen LogP contribution < -0.4 is 0 Å². The highest BCUT2D eigenvalue weighted by atomic mass is 32.1. The lowest BCUT2D eigenvalue weighted by atomic mass is 10.2. The first kappa shape index (κ1) is 12.7. The van der Waals surface area contributed by atoms with E-state index in [0.29, 0.717) is 5.56 Å². The number of hydrogen-bond donors (Lipinski definition) is 1. The van der Waals surface area contributed by atoms with Crippen LogP contribution in [-0.2, 0) is 20.7 Å². The number of thiophene rings is 1. The minimum absolute atomic E-state index is 0.244. The van der Waals surface area contributed by atoms with Gasteiger partial charge in [-0.3, -0.25) is 0 Å². The van der Waals surface area contributed by atoms with E-state index in [9.17, 15) is 9.59 Å². The molecule has 0 saturated carbocycles. The minimum atomic E-state index is -1.02. The molecule has 0 fully saturated rings. The second-order valence-corrected chi connectivity index (χ2v) is 4.06. The summed E-state index contributed by atoms with van der Waals surface area (Å²) in [5, 5.41) is 10.4. The van der Waals surface area contributed by atoms with Crippen molar-refractivity contribution in [1.82, 2.24) is 0 Å². The fraction of sp³-hybridized carbons (Fsp3) is 0.400. The number of methoxy groups -OCH3 is 2. The number of aliphatic carboxylic acids is 1. The quantitative estimate of drug-likeness (QED) is 0.787. The summed E-state index contributed by atoms with van der Waals surface area (Å²) in [6.07, 6.45) is -0.642. The van der Waals surface area contributed by atoms with E-state index in [1.54, 1.807) is 11.4 Å². The normalized spacial score (nSPS) is 12.1. The molecule has 0 saturated heterocycles. The molecule has 1 aromatic rings. The molecule has 1 unspecified atom stereocenters. The summed E-state index contributed by atoms with van der Waals surface area (Å²) in [7, 11) is 2.64. The molecule has 1 heterocycles. The third-order valence-corrected chi connectivity index (χ3v) is 2.98. The summed E-state index contributed by atoms with van der Waals surface area (Å²) in [5.74, 6) is -1.44. The molecule has 0 aliphatic carbocycles. The molecule has 1 rings (SSSR count). The van der Waals surface area contributed by atoms with Gasteiger partial charge in [0.25, 0.3) is 0 Å². The summed E-state index contributed by atoms with van der Waals surface area (Å²) in [5.41, 5.74) is 0.433. The average molecular weight is 244 g/mol. The number of carbonyl (C=O) groups excluding carboxylic acids is 1. The van der Waals surface area contributed by atoms with E-state index in [1.165, 1.54) is 25.6 Å². The third-order valence-electron chi connectivity index (χ3n) is 2.02. The first-order valence-electron chi connectivity index (χ1n) is 4.49. The molecule has 0 radical (unpaired) electrons. The van der Waals surface area contributed by atoms with Crippen LogP contribution in [0.1, 0.15) is 15.2 Å². The van der Waals surface area contributed by atoms with E-state index in [-0.39, 0.29) is 6.42 Å². The lowest BCUT2D eigenvalue weighted by Crippen LogP contribution is -2.24. The summed E-state index contributed by atoms with van der Waals surface area (Å²) in [4.78, 5) is 22.6. The molecule has 0 amide bonds. The molecule has 1 N–H and O–H groups in total. The predicted molar refractivity (Wildman–Crippen MR) is 57.8 cm³/mol. The Morgan fingerprint density at radius 1 is 1.50 bits per heavy atom. The van der Waals surface area contributed by atoms with Gasteiger partial charge in [-0.15, -0.1) is 11.3 Å². The van der Waals surface area contributed by atoms with Crippen molar-refractivity contribution in [1.29, 1.82) is 0 Å². The zero-order valence-corrected chi connectivity index (χ0v) is 9.74. The SMILES string of the molecule is COC(=O)c1csc(CC(OC)C(=O)O)c1. The van der Waals surface area contributed by atoms with Gasteiger partial charge in [0, 0.05) is 23.8 Å². The number of esters is 1. The molecule has 0 bridgehead atoms. The summed E-state index contributed by atoms with van der Waals surface area (Å²) in [6.45, 7) is 0. The van der Waals surface area contributed by atoms with Crippen molar-refractivity contribution >= 4 is 23.3 Å². The zero-order chi connectivity index (χ0) is 12.1. The molecule has 0 aliphatic rings. The minimum Gasteiger partial charge on any atom is -0.479 e. The van der Waals surface area contributed by atoms with Crippen molar-refractivity contribution in [2.24, 2.45) is 0 Å². The second kappa shape index (κ2) is 5.62. The van der Waals surface area contributed by atoms with E-state index in [4.69, 9.17) is 9.84 Å². The Morgan fingerprint density at radius 2 is 2.19 bits per heavy atom. The van der Waals surface area contributed by atoms with Gasteiger partial charge in [-0.05, 0) is 6.07 Å². The van der Waals surface area contributed by atoms with Crippen molar-refractivity contribution in [2.75, 3.05) is 14.2 Å². The van der Waals surface area contributed by atoms with Gasteiger partial charge in [-0.1, -0.05) is 0 Å². The monoisotopic (exact) mass is 244 g/mol. The second-order valence-electron chi connectivity index (χ2n) is 3.06. The van der Waals surface area contributed by atoms with Gasteiger partial charge < -0.3 is 14.6 Å². The molecule has 1 atom stereocenters. The Morgan fingerprint density at radius 3 is 2.69 bits per heavy atom. The number of carboxylic acid groups (broad SMARTS) is 1. The first-order chi connectivity index (χ1) is 7.58. The van der Waals surface area contributed by atoms with E-state index >= 15 is 0 Å². The number of rotatable bonds is 5. The third kappa shape index (κ3) is 3.04. The van der Waals surface area contributed by atoms with Crippen molar-refractivity contribution in [2.45, 2.75) is 12.5 Å². The van der Waals surface area contributed by atoms with E-state index < -0.39 is 18.0 Å².